The van der Waals surface area contributed by atoms with Gasteiger partial charge in [0, 0.05) is 25.0 Å². The fourth-order valence-electron chi connectivity index (χ4n) is 3.39. The average Bonchev–Trinajstić information content (AvgIpc) is 3.32. The highest BCUT2D eigenvalue weighted by atomic mass is 32.2. The molecule has 27 heavy (non-hydrogen) atoms. The summed E-state index contributed by atoms with van der Waals surface area (Å²) in [6, 6.07) is 6.53. The molecule has 3 rings (SSSR count). The van der Waals surface area contributed by atoms with Crippen molar-refractivity contribution in [1.82, 2.24) is 14.9 Å². The van der Waals surface area contributed by atoms with Crippen LogP contribution in [0.2, 0.25) is 0 Å². The first-order chi connectivity index (χ1) is 13.0. The fraction of sp³-hybridized carbons (Fsp3) is 0.524. The van der Waals surface area contributed by atoms with E-state index in [4.69, 9.17) is 4.74 Å². The SMILES string of the molecule is Cc1ccc(C)c(-n2ccnc2SCC(=O)NC(C)CCC2CCCO2)c1. The van der Waals surface area contributed by atoms with E-state index in [1.807, 2.05) is 6.20 Å². The van der Waals surface area contributed by atoms with Gasteiger partial charge in [0.15, 0.2) is 5.16 Å². The van der Waals surface area contributed by atoms with Gasteiger partial charge in [0.2, 0.25) is 5.91 Å². The summed E-state index contributed by atoms with van der Waals surface area (Å²) in [6.07, 6.45) is 8.40. The Kier molecular flexibility index (Phi) is 6.96. The van der Waals surface area contributed by atoms with Crippen LogP contribution >= 0.6 is 11.8 Å². The molecule has 2 unspecified atom stereocenters. The Bertz CT molecular complexity index is 769. The number of carbonyl (C=O) groups excluding carboxylic acids is 1. The molecule has 1 aliphatic heterocycles. The van der Waals surface area contributed by atoms with E-state index in [1.54, 1.807) is 6.20 Å². The first-order valence-electron chi connectivity index (χ1n) is 9.67. The molecule has 2 aromatic rings. The first kappa shape index (κ1) is 20.0. The van der Waals surface area contributed by atoms with Gasteiger partial charge in [0.05, 0.1) is 17.5 Å². The number of thioether (sulfide) groups is 1. The van der Waals surface area contributed by atoms with Crippen LogP contribution in [0.25, 0.3) is 5.69 Å². The maximum Gasteiger partial charge on any atom is 0.230 e. The van der Waals surface area contributed by atoms with Crippen molar-refractivity contribution in [3.05, 3.63) is 41.7 Å². The highest BCUT2D eigenvalue weighted by Crippen LogP contribution is 2.23. The number of carbonyl (C=O) groups is 1. The first-order valence-corrected chi connectivity index (χ1v) is 10.7. The molecule has 0 saturated carbocycles. The zero-order valence-corrected chi connectivity index (χ0v) is 17.2. The summed E-state index contributed by atoms with van der Waals surface area (Å²) in [5.74, 6) is 0.418. The van der Waals surface area contributed by atoms with E-state index in [2.05, 4.69) is 53.8 Å². The number of imidazole rings is 1. The van der Waals surface area contributed by atoms with Gasteiger partial charge in [0.25, 0.3) is 0 Å². The quantitative estimate of drug-likeness (QED) is 0.695. The standard InChI is InChI=1S/C21H29N3O2S/c1-15-6-7-16(2)19(13-15)24-11-10-22-21(24)27-14-20(25)23-17(3)8-9-18-5-4-12-26-18/h6-7,10-11,13,17-18H,4-5,8-9,12,14H2,1-3H3,(H,23,25). The van der Waals surface area contributed by atoms with Gasteiger partial charge in [-0.2, -0.15) is 0 Å². The van der Waals surface area contributed by atoms with Gasteiger partial charge in [-0.1, -0.05) is 23.9 Å². The van der Waals surface area contributed by atoms with Crippen molar-refractivity contribution in [1.29, 1.82) is 0 Å². The molecule has 5 nitrogen and oxygen atoms in total. The van der Waals surface area contributed by atoms with Gasteiger partial charge in [-0.25, -0.2) is 4.98 Å². The van der Waals surface area contributed by atoms with E-state index >= 15 is 0 Å². The van der Waals surface area contributed by atoms with Crippen LogP contribution in [0.5, 0.6) is 0 Å². The van der Waals surface area contributed by atoms with Gasteiger partial charge in [-0.05, 0) is 63.6 Å². The summed E-state index contributed by atoms with van der Waals surface area (Å²) < 4.78 is 7.71. The number of rotatable bonds is 8. The maximum absolute atomic E-state index is 12.3. The summed E-state index contributed by atoms with van der Waals surface area (Å²) in [5, 5.41) is 3.93. The van der Waals surface area contributed by atoms with Crippen molar-refractivity contribution in [3.8, 4) is 5.69 Å². The van der Waals surface area contributed by atoms with Gasteiger partial charge < -0.3 is 10.1 Å². The van der Waals surface area contributed by atoms with Crippen molar-refractivity contribution in [2.75, 3.05) is 12.4 Å². The van der Waals surface area contributed by atoms with Crippen LogP contribution in [0.15, 0.2) is 35.7 Å². The highest BCUT2D eigenvalue weighted by Gasteiger charge is 2.17. The van der Waals surface area contributed by atoms with Crippen molar-refractivity contribution in [2.45, 2.75) is 63.8 Å². The summed E-state index contributed by atoms with van der Waals surface area (Å²) >= 11 is 1.47. The molecule has 1 saturated heterocycles. The van der Waals surface area contributed by atoms with E-state index in [0.29, 0.717) is 11.9 Å². The molecule has 1 fully saturated rings. The molecule has 0 spiro atoms. The minimum absolute atomic E-state index is 0.0513. The van der Waals surface area contributed by atoms with E-state index in [0.717, 1.165) is 43.1 Å². The number of amides is 1. The van der Waals surface area contributed by atoms with E-state index in [-0.39, 0.29) is 11.9 Å². The van der Waals surface area contributed by atoms with Crippen molar-refractivity contribution >= 4 is 17.7 Å². The predicted molar refractivity (Wildman–Crippen MR) is 110 cm³/mol. The second kappa shape index (κ2) is 9.42. The van der Waals surface area contributed by atoms with Crippen LogP contribution in [-0.2, 0) is 9.53 Å². The van der Waals surface area contributed by atoms with Gasteiger partial charge in [-0.3, -0.25) is 9.36 Å². The molecule has 2 atom stereocenters. The second-order valence-electron chi connectivity index (χ2n) is 7.34. The second-order valence-corrected chi connectivity index (χ2v) is 8.28. The third kappa shape index (κ3) is 5.59. The zero-order chi connectivity index (χ0) is 19.2. The molecule has 0 radical (unpaired) electrons. The maximum atomic E-state index is 12.3. The molecule has 146 valence electrons. The van der Waals surface area contributed by atoms with E-state index in [9.17, 15) is 4.79 Å². The minimum atomic E-state index is 0.0513. The normalized spacial score (nSPS) is 17.8. The lowest BCUT2D eigenvalue weighted by Crippen LogP contribution is -2.34. The van der Waals surface area contributed by atoms with Gasteiger partial charge in [-0.15, -0.1) is 0 Å². The average molecular weight is 388 g/mol. The number of nitrogens with zero attached hydrogens (tertiary/aromatic N) is 2. The Morgan fingerprint density at radius 1 is 1.44 bits per heavy atom. The molecule has 1 aromatic carbocycles. The summed E-state index contributed by atoms with van der Waals surface area (Å²) in [6.45, 7) is 7.12. The Hall–Kier alpha value is -1.79. The lowest BCUT2D eigenvalue weighted by molar-refractivity contribution is -0.119. The lowest BCUT2D eigenvalue weighted by Gasteiger charge is -2.16. The van der Waals surface area contributed by atoms with E-state index < -0.39 is 0 Å². The molecule has 1 aromatic heterocycles. The van der Waals surface area contributed by atoms with Crippen molar-refractivity contribution in [2.24, 2.45) is 0 Å². The lowest BCUT2D eigenvalue weighted by atomic mass is 10.1. The number of hydrogen-bond donors (Lipinski definition) is 1. The molecule has 2 heterocycles. The molecule has 0 aliphatic carbocycles. The molecular weight excluding hydrogens is 358 g/mol. The number of benzene rings is 1. The third-order valence-electron chi connectivity index (χ3n) is 4.92. The molecule has 1 amide bonds. The zero-order valence-electron chi connectivity index (χ0n) is 16.4. The largest absolute Gasteiger partial charge is 0.378 e. The molecule has 6 heteroatoms. The Balaban J connectivity index is 1.50. The Labute approximate surface area is 165 Å². The van der Waals surface area contributed by atoms with Crippen molar-refractivity contribution in [3.63, 3.8) is 0 Å². The van der Waals surface area contributed by atoms with E-state index in [1.165, 1.54) is 22.9 Å². The summed E-state index contributed by atoms with van der Waals surface area (Å²) in [4.78, 5) is 16.7. The molecule has 1 N–H and O–H groups in total. The Morgan fingerprint density at radius 2 is 2.30 bits per heavy atom. The topological polar surface area (TPSA) is 56.2 Å². The van der Waals surface area contributed by atoms with Gasteiger partial charge in [0.1, 0.15) is 0 Å². The number of ether oxygens (including phenoxy) is 1. The fourth-order valence-corrected chi connectivity index (χ4v) is 4.16. The summed E-state index contributed by atoms with van der Waals surface area (Å²) in [7, 11) is 0. The van der Waals surface area contributed by atoms with Crippen LogP contribution in [0.1, 0.15) is 43.7 Å². The monoisotopic (exact) mass is 387 g/mol. The van der Waals surface area contributed by atoms with Crippen LogP contribution in [-0.4, -0.2) is 40.0 Å². The smallest absolute Gasteiger partial charge is 0.230 e. The number of aromatic nitrogens is 2. The predicted octanol–water partition coefficient (Wildman–Crippen LogP) is 4.05. The summed E-state index contributed by atoms with van der Waals surface area (Å²) in [5.41, 5.74) is 3.51. The van der Waals surface area contributed by atoms with Crippen LogP contribution in [0.4, 0.5) is 0 Å². The third-order valence-corrected chi connectivity index (χ3v) is 5.88. The minimum Gasteiger partial charge on any atom is -0.378 e. The van der Waals surface area contributed by atoms with Gasteiger partial charge >= 0.3 is 0 Å². The number of aryl methyl sites for hydroxylation is 2. The van der Waals surface area contributed by atoms with Crippen LogP contribution in [0, 0.1) is 13.8 Å². The van der Waals surface area contributed by atoms with Crippen LogP contribution < -0.4 is 5.32 Å². The molecule has 1 aliphatic rings. The molecular formula is C21H29N3O2S. The highest BCUT2D eigenvalue weighted by molar-refractivity contribution is 7.99. The van der Waals surface area contributed by atoms with Crippen molar-refractivity contribution < 1.29 is 9.53 Å². The number of nitrogens with one attached hydrogen (secondary N) is 1. The molecule has 0 bridgehead atoms. The van der Waals surface area contributed by atoms with Crippen LogP contribution in [0.3, 0.4) is 0 Å². The number of hydrogen-bond acceptors (Lipinski definition) is 4. The Morgan fingerprint density at radius 3 is 3.07 bits per heavy atom.